The van der Waals surface area contributed by atoms with Gasteiger partial charge in [0.2, 0.25) is 0 Å². The molecule has 0 aliphatic carbocycles. The molecule has 0 fully saturated rings. The van der Waals surface area contributed by atoms with E-state index in [0.717, 1.165) is 15.0 Å². The predicted molar refractivity (Wildman–Crippen MR) is 103 cm³/mol. The minimum Gasteiger partial charge on any atom is -0.455 e. The second kappa shape index (κ2) is 8.37. The fourth-order valence-electron chi connectivity index (χ4n) is 2.00. The van der Waals surface area contributed by atoms with Crippen LogP contribution in [0.3, 0.4) is 0 Å². The van der Waals surface area contributed by atoms with Gasteiger partial charge < -0.3 is 10.1 Å². The molecular formula is C17H13BrN2O3S2. The zero-order chi connectivity index (χ0) is 17.6. The zero-order valence-electron chi connectivity index (χ0n) is 12.9. The molecule has 0 spiro atoms. The molecule has 3 aromatic rings. The Hall–Kier alpha value is -2.03. The molecule has 128 valence electrons. The van der Waals surface area contributed by atoms with Crippen molar-refractivity contribution >= 4 is 56.2 Å². The third kappa shape index (κ3) is 4.97. The van der Waals surface area contributed by atoms with Gasteiger partial charge in [-0.1, -0.05) is 12.1 Å². The molecule has 0 radical (unpaired) electrons. The minimum atomic E-state index is -0.482. The van der Waals surface area contributed by atoms with Gasteiger partial charge in [-0.2, -0.15) is 11.3 Å². The molecule has 8 heteroatoms. The number of para-hydroxylation sites is 1. The van der Waals surface area contributed by atoms with Crippen molar-refractivity contribution in [2.75, 3.05) is 11.9 Å². The van der Waals surface area contributed by atoms with Crippen LogP contribution >= 0.6 is 38.6 Å². The van der Waals surface area contributed by atoms with Crippen molar-refractivity contribution in [1.82, 2.24) is 4.98 Å². The lowest BCUT2D eigenvalue weighted by molar-refractivity contribution is -0.146. The smallest absolute Gasteiger partial charge is 0.312 e. The molecule has 0 aliphatic heterocycles. The van der Waals surface area contributed by atoms with E-state index in [4.69, 9.17) is 4.74 Å². The van der Waals surface area contributed by atoms with Crippen LogP contribution in [0.25, 0.3) is 10.6 Å². The van der Waals surface area contributed by atoms with Gasteiger partial charge in [0.1, 0.15) is 5.01 Å². The van der Waals surface area contributed by atoms with Crippen molar-refractivity contribution < 1.29 is 14.3 Å². The summed E-state index contributed by atoms with van der Waals surface area (Å²) in [4.78, 5) is 28.2. The number of ether oxygens (including phenoxy) is 1. The number of hydrogen-bond acceptors (Lipinski definition) is 6. The fourth-order valence-corrected chi connectivity index (χ4v) is 3.92. The van der Waals surface area contributed by atoms with Gasteiger partial charge in [0.15, 0.2) is 6.61 Å². The summed E-state index contributed by atoms with van der Waals surface area (Å²) in [5.74, 6) is -0.873. The lowest BCUT2D eigenvalue weighted by Gasteiger charge is -2.07. The number of benzene rings is 1. The molecule has 0 saturated carbocycles. The monoisotopic (exact) mass is 436 g/mol. The average Bonchev–Trinajstić information content (AvgIpc) is 3.26. The summed E-state index contributed by atoms with van der Waals surface area (Å²) in [5.41, 5.74) is 2.31. The van der Waals surface area contributed by atoms with E-state index in [0.29, 0.717) is 11.4 Å². The summed E-state index contributed by atoms with van der Waals surface area (Å²) in [7, 11) is 0. The van der Waals surface area contributed by atoms with Crippen LogP contribution in [-0.2, 0) is 20.7 Å². The maximum atomic E-state index is 11.9. The molecule has 0 saturated heterocycles. The Labute approximate surface area is 160 Å². The molecule has 2 aromatic heterocycles. The molecule has 0 unspecified atom stereocenters. The lowest BCUT2D eigenvalue weighted by atomic mass is 10.3. The quantitative estimate of drug-likeness (QED) is 0.582. The predicted octanol–water partition coefficient (Wildman–Crippen LogP) is 4.36. The molecule has 1 aromatic carbocycles. The Morgan fingerprint density at radius 3 is 2.80 bits per heavy atom. The number of rotatable bonds is 6. The summed E-state index contributed by atoms with van der Waals surface area (Å²) in [6.45, 7) is -0.332. The SMILES string of the molecule is O=C(COC(=O)Cc1csc(-c2ccsc2)n1)Nc1ccccc1Br. The van der Waals surface area contributed by atoms with E-state index in [1.165, 1.54) is 11.3 Å². The number of amides is 1. The highest BCUT2D eigenvalue weighted by Crippen LogP contribution is 2.26. The highest BCUT2D eigenvalue weighted by Gasteiger charge is 2.12. The molecule has 25 heavy (non-hydrogen) atoms. The Kier molecular flexibility index (Phi) is 5.95. The van der Waals surface area contributed by atoms with Gasteiger partial charge in [-0.25, -0.2) is 4.98 Å². The van der Waals surface area contributed by atoms with E-state index in [2.05, 4.69) is 26.2 Å². The van der Waals surface area contributed by atoms with Gasteiger partial charge in [-0.05, 0) is 39.5 Å². The molecular weight excluding hydrogens is 424 g/mol. The number of carbonyl (C=O) groups excluding carboxylic acids is 2. The van der Waals surface area contributed by atoms with Crippen LogP contribution < -0.4 is 5.32 Å². The number of nitrogens with one attached hydrogen (secondary N) is 1. The first-order valence-corrected chi connectivity index (χ1v) is 9.90. The number of anilines is 1. The van der Waals surface area contributed by atoms with E-state index >= 15 is 0 Å². The van der Waals surface area contributed by atoms with Gasteiger partial charge in [0, 0.05) is 20.8 Å². The van der Waals surface area contributed by atoms with Gasteiger partial charge >= 0.3 is 5.97 Å². The zero-order valence-corrected chi connectivity index (χ0v) is 16.1. The van der Waals surface area contributed by atoms with Crippen LogP contribution in [0.15, 0.2) is 50.9 Å². The van der Waals surface area contributed by atoms with Crippen molar-refractivity contribution in [3.05, 3.63) is 56.6 Å². The van der Waals surface area contributed by atoms with Gasteiger partial charge in [-0.3, -0.25) is 9.59 Å². The molecule has 1 amide bonds. The normalized spacial score (nSPS) is 10.4. The maximum absolute atomic E-state index is 11.9. The Balaban J connectivity index is 1.48. The van der Waals surface area contributed by atoms with Crippen LogP contribution in [0, 0.1) is 0 Å². The third-order valence-corrected chi connectivity index (χ3v) is 5.47. The average molecular weight is 437 g/mol. The minimum absolute atomic E-state index is 0.0446. The number of aromatic nitrogens is 1. The second-order valence-electron chi connectivity index (χ2n) is 5.02. The van der Waals surface area contributed by atoms with Crippen molar-refractivity contribution in [1.29, 1.82) is 0 Å². The van der Waals surface area contributed by atoms with Crippen LogP contribution in [0.4, 0.5) is 5.69 Å². The number of esters is 1. The lowest BCUT2D eigenvalue weighted by Crippen LogP contribution is -2.21. The summed E-state index contributed by atoms with van der Waals surface area (Å²) in [6, 6.07) is 9.20. The van der Waals surface area contributed by atoms with Crippen LogP contribution in [-0.4, -0.2) is 23.5 Å². The first-order valence-electron chi connectivity index (χ1n) is 7.29. The Morgan fingerprint density at radius 2 is 2.04 bits per heavy atom. The van der Waals surface area contributed by atoms with E-state index in [1.54, 1.807) is 23.5 Å². The maximum Gasteiger partial charge on any atom is 0.312 e. The van der Waals surface area contributed by atoms with Crippen molar-refractivity contribution in [2.24, 2.45) is 0 Å². The standard InChI is InChI=1S/C17H13BrN2O3S2/c18-13-3-1-2-4-14(13)20-15(21)8-23-16(22)7-12-10-25-17(19-12)11-5-6-24-9-11/h1-6,9-10H,7-8H2,(H,20,21). The second-order valence-corrected chi connectivity index (χ2v) is 7.51. The largest absolute Gasteiger partial charge is 0.455 e. The summed E-state index contributed by atoms with van der Waals surface area (Å²) >= 11 is 6.42. The molecule has 2 heterocycles. The van der Waals surface area contributed by atoms with E-state index in [1.807, 2.05) is 34.3 Å². The number of halogens is 1. The molecule has 0 atom stereocenters. The number of carbonyl (C=O) groups is 2. The topological polar surface area (TPSA) is 68.3 Å². The van der Waals surface area contributed by atoms with Crippen molar-refractivity contribution in [3.8, 4) is 10.6 Å². The van der Waals surface area contributed by atoms with E-state index in [-0.39, 0.29) is 13.0 Å². The van der Waals surface area contributed by atoms with Crippen LogP contribution in [0.5, 0.6) is 0 Å². The fraction of sp³-hybridized carbons (Fsp3) is 0.118. The van der Waals surface area contributed by atoms with Crippen LogP contribution in [0.2, 0.25) is 0 Å². The first-order chi connectivity index (χ1) is 12.1. The van der Waals surface area contributed by atoms with Gasteiger partial charge in [0.25, 0.3) is 5.91 Å². The molecule has 3 rings (SSSR count). The Morgan fingerprint density at radius 1 is 1.20 bits per heavy atom. The van der Waals surface area contributed by atoms with Crippen LogP contribution in [0.1, 0.15) is 5.69 Å². The molecule has 5 nitrogen and oxygen atoms in total. The number of thiazole rings is 1. The highest BCUT2D eigenvalue weighted by molar-refractivity contribution is 9.10. The van der Waals surface area contributed by atoms with Gasteiger partial charge in [0.05, 0.1) is 17.8 Å². The van der Waals surface area contributed by atoms with E-state index < -0.39 is 11.9 Å². The summed E-state index contributed by atoms with van der Waals surface area (Å²) in [5, 5.41) is 9.36. The number of hydrogen-bond donors (Lipinski definition) is 1. The van der Waals surface area contributed by atoms with Crippen molar-refractivity contribution in [2.45, 2.75) is 6.42 Å². The molecule has 0 aliphatic rings. The third-order valence-electron chi connectivity index (χ3n) is 3.16. The summed E-state index contributed by atoms with van der Waals surface area (Å²) < 4.78 is 5.78. The first kappa shape index (κ1) is 17.8. The van der Waals surface area contributed by atoms with Gasteiger partial charge in [-0.15, -0.1) is 11.3 Å². The molecule has 1 N–H and O–H groups in total. The number of thiophene rings is 1. The number of nitrogens with zero attached hydrogens (tertiary/aromatic N) is 1. The summed E-state index contributed by atoms with van der Waals surface area (Å²) in [6.07, 6.45) is 0.0446. The van der Waals surface area contributed by atoms with Crippen molar-refractivity contribution in [3.63, 3.8) is 0 Å². The highest BCUT2D eigenvalue weighted by atomic mass is 79.9. The Bertz CT molecular complexity index is 878. The molecule has 0 bridgehead atoms. The van der Waals surface area contributed by atoms with E-state index in [9.17, 15) is 9.59 Å².